The van der Waals surface area contributed by atoms with Gasteiger partial charge in [-0.3, -0.25) is 15.1 Å². The molecule has 5 N–H and O–H groups in total. The van der Waals surface area contributed by atoms with Crippen LogP contribution in [0.3, 0.4) is 0 Å². The minimum absolute atomic E-state index is 0.182. The number of rotatable bonds is 5. The number of thiazole rings is 1. The molecule has 4 rings (SSSR count). The number of carbonyl (C=O) groups excluding carboxylic acids is 2. The summed E-state index contributed by atoms with van der Waals surface area (Å²) in [6.45, 7) is 3.80. The average Bonchev–Trinajstić information content (AvgIpc) is 3.16. The topological polar surface area (TPSA) is 135 Å². The van der Waals surface area contributed by atoms with E-state index in [9.17, 15) is 9.59 Å². The van der Waals surface area contributed by atoms with Crippen molar-refractivity contribution in [1.82, 2.24) is 20.3 Å². The average molecular weight is 448 g/mol. The summed E-state index contributed by atoms with van der Waals surface area (Å²) in [4.78, 5) is 36.6. The van der Waals surface area contributed by atoms with E-state index in [1.165, 1.54) is 18.3 Å². The predicted octanol–water partition coefficient (Wildman–Crippen LogP) is 4.10. The Morgan fingerprint density at radius 1 is 1.03 bits per heavy atom. The zero-order valence-corrected chi connectivity index (χ0v) is 18.3. The van der Waals surface area contributed by atoms with Crippen molar-refractivity contribution < 1.29 is 9.59 Å². The number of nitrogens with two attached hydrogens (primary N) is 1. The molecule has 0 atom stereocenters. The zero-order chi connectivity index (χ0) is 22.7. The van der Waals surface area contributed by atoms with E-state index in [0.29, 0.717) is 23.2 Å². The van der Waals surface area contributed by atoms with Crippen molar-refractivity contribution in [2.75, 3.05) is 22.9 Å². The number of benzene rings is 1. The van der Waals surface area contributed by atoms with Gasteiger partial charge in [0.1, 0.15) is 5.82 Å². The van der Waals surface area contributed by atoms with Crippen molar-refractivity contribution in [3.05, 3.63) is 48.8 Å². The molecule has 4 aromatic rings. The fraction of sp³-hybridized carbons (Fsp3) is 0.136. The second-order valence-corrected chi connectivity index (χ2v) is 7.96. The summed E-state index contributed by atoms with van der Waals surface area (Å²) in [7, 11) is 0. The van der Waals surface area contributed by atoms with Gasteiger partial charge in [-0.2, -0.15) is 0 Å². The van der Waals surface area contributed by atoms with Crippen LogP contribution in [0.25, 0.3) is 32.6 Å². The van der Waals surface area contributed by atoms with Crippen LogP contribution in [0.5, 0.6) is 0 Å². The number of nitrogens with one attached hydrogen (secondary N) is 3. The first-order valence-electron chi connectivity index (χ1n) is 9.88. The lowest BCUT2D eigenvalue weighted by Gasteiger charge is -2.08. The maximum absolute atomic E-state index is 12.0. The molecule has 162 valence electrons. The lowest BCUT2D eigenvalue weighted by Crippen LogP contribution is -2.28. The molecular weight excluding hydrogens is 426 g/mol. The van der Waals surface area contributed by atoms with Crippen LogP contribution in [-0.4, -0.2) is 33.4 Å². The quantitative estimate of drug-likeness (QED) is 0.364. The zero-order valence-electron chi connectivity index (χ0n) is 17.5. The molecule has 0 aliphatic carbocycles. The standard InChI is InChI=1S/C22H21N7O2S/c1-3-24-21(31)29-22-28-18-9-14(13-4-7-19(26-10-13)27-12(2)30)8-16(20(18)32-22)17-6-5-15(23)11-25-17/h4-11H,3,23H2,1-2H3,(H,26,27,30)(H2,24,28,29,31). The Labute approximate surface area is 188 Å². The number of anilines is 3. The van der Waals surface area contributed by atoms with Gasteiger partial charge in [-0.15, -0.1) is 0 Å². The molecule has 0 radical (unpaired) electrons. The number of nitrogen functional groups attached to an aromatic ring is 1. The molecule has 0 unspecified atom stereocenters. The van der Waals surface area contributed by atoms with Gasteiger partial charge in [0.25, 0.3) is 0 Å². The second-order valence-electron chi connectivity index (χ2n) is 6.97. The molecule has 1 aromatic carbocycles. The Bertz CT molecular complexity index is 1280. The van der Waals surface area contributed by atoms with E-state index in [1.54, 1.807) is 24.5 Å². The van der Waals surface area contributed by atoms with Crippen LogP contribution >= 0.6 is 11.3 Å². The molecule has 0 fully saturated rings. The predicted molar refractivity (Wildman–Crippen MR) is 127 cm³/mol. The Morgan fingerprint density at radius 3 is 2.53 bits per heavy atom. The van der Waals surface area contributed by atoms with Crippen molar-refractivity contribution in [2.45, 2.75) is 13.8 Å². The van der Waals surface area contributed by atoms with Gasteiger partial charge in [-0.05, 0) is 48.9 Å². The van der Waals surface area contributed by atoms with Gasteiger partial charge in [0.2, 0.25) is 5.91 Å². The highest BCUT2D eigenvalue weighted by Crippen LogP contribution is 2.38. The van der Waals surface area contributed by atoms with Crippen LogP contribution in [0.1, 0.15) is 13.8 Å². The minimum Gasteiger partial charge on any atom is -0.397 e. The third-order valence-electron chi connectivity index (χ3n) is 4.51. The maximum atomic E-state index is 12.0. The molecule has 32 heavy (non-hydrogen) atoms. The lowest BCUT2D eigenvalue weighted by atomic mass is 10.0. The molecule has 0 aliphatic heterocycles. The van der Waals surface area contributed by atoms with Crippen molar-refractivity contribution in [1.29, 1.82) is 0 Å². The number of aromatic nitrogens is 3. The van der Waals surface area contributed by atoms with Gasteiger partial charge < -0.3 is 16.4 Å². The Morgan fingerprint density at radius 2 is 1.88 bits per heavy atom. The number of nitrogens with zero attached hydrogens (tertiary/aromatic N) is 3. The van der Waals surface area contributed by atoms with E-state index >= 15 is 0 Å². The summed E-state index contributed by atoms with van der Waals surface area (Å²) >= 11 is 1.37. The van der Waals surface area contributed by atoms with Gasteiger partial charge in [0, 0.05) is 30.8 Å². The van der Waals surface area contributed by atoms with E-state index in [4.69, 9.17) is 5.73 Å². The first-order valence-corrected chi connectivity index (χ1v) is 10.7. The highest BCUT2D eigenvalue weighted by molar-refractivity contribution is 7.22. The number of pyridine rings is 2. The van der Waals surface area contributed by atoms with Crippen molar-refractivity contribution in [3.63, 3.8) is 0 Å². The fourth-order valence-corrected chi connectivity index (χ4v) is 4.09. The normalized spacial score (nSPS) is 10.7. The Hall–Kier alpha value is -4.05. The molecule has 0 saturated carbocycles. The number of urea groups is 1. The number of fused-ring (bicyclic) bond motifs is 1. The number of carbonyl (C=O) groups is 2. The molecule has 9 nitrogen and oxygen atoms in total. The SMILES string of the molecule is CCNC(=O)Nc1nc2cc(-c3ccc(NC(C)=O)nc3)cc(-c3ccc(N)cn3)c2s1. The van der Waals surface area contributed by atoms with Gasteiger partial charge in [0.15, 0.2) is 5.13 Å². The minimum atomic E-state index is -0.309. The molecule has 10 heteroatoms. The Kier molecular flexibility index (Phi) is 5.95. The van der Waals surface area contributed by atoms with Crippen molar-refractivity contribution in [2.24, 2.45) is 0 Å². The Balaban J connectivity index is 1.80. The van der Waals surface area contributed by atoms with Crippen LogP contribution in [0.2, 0.25) is 0 Å². The van der Waals surface area contributed by atoms with E-state index in [-0.39, 0.29) is 11.9 Å². The van der Waals surface area contributed by atoms with Crippen LogP contribution < -0.4 is 21.7 Å². The highest BCUT2D eigenvalue weighted by atomic mass is 32.1. The van der Waals surface area contributed by atoms with Crippen LogP contribution in [0.15, 0.2) is 48.8 Å². The second kappa shape index (κ2) is 8.98. The summed E-state index contributed by atoms with van der Waals surface area (Å²) < 4.78 is 0.889. The molecule has 0 spiro atoms. The molecule has 3 heterocycles. The summed E-state index contributed by atoms with van der Waals surface area (Å²) in [5, 5.41) is 8.61. The third-order valence-corrected chi connectivity index (χ3v) is 5.53. The van der Waals surface area contributed by atoms with Gasteiger partial charge in [-0.25, -0.2) is 14.8 Å². The van der Waals surface area contributed by atoms with Gasteiger partial charge >= 0.3 is 6.03 Å². The van der Waals surface area contributed by atoms with E-state index in [1.807, 2.05) is 31.2 Å². The van der Waals surface area contributed by atoms with Crippen LogP contribution in [0, 0.1) is 0 Å². The first kappa shape index (κ1) is 21.2. The van der Waals surface area contributed by atoms with Crippen molar-refractivity contribution in [3.8, 4) is 22.4 Å². The smallest absolute Gasteiger partial charge is 0.321 e. The highest BCUT2D eigenvalue weighted by Gasteiger charge is 2.15. The van der Waals surface area contributed by atoms with Gasteiger partial charge in [-0.1, -0.05) is 11.3 Å². The third kappa shape index (κ3) is 4.65. The van der Waals surface area contributed by atoms with Crippen molar-refractivity contribution >= 4 is 50.1 Å². The molecule has 0 saturated heterocycles. The molecule has 3 amide bonds. The monoisotopic (exact) mass is 447 g/mol. The number of amides is 3. The molecular formula is C22H21N7O2S. The summed E-state index contributed by atoms with van der Waals surface area (Å²) in [5.74, 6) is 0.294. The fourth-order valence-electron chi connectivity index (χ4n) is 3.13. The number of hydrogen-bond donors (Lipinski definition) is 4. The summed E-state index contributed by atoms with van der Waals surface area (Å²) in [6, 6.07) is 10.9. The van der Waals surface area contributed by atoms with Crippen LogP contribution in [0.4, 0.5) is 21.4 Å². The largest absolute Gasteiger partial charge is 0.397 e. The lowest BCUT2D eigenvalue weighted by molar-refractivity contribution is -0.114. The summed E-state index contributed by atoms with van der Waals surface area (Å²) in [6.07, 6.45) is 3.29. The molecule has 0 bridgehead atoms. The van der Waals surface area contributed by atoms with E-state index < -0.39 is 0 Å². The molecule has 0 aliphatic rings. The van der Waals surface area contributed by atoms with Crippen LogP contribution in [-0.2, 0) is 4.79 Å². The number of hydrogen-bond acceptors (Lipinski definition) is 7. The van der Waals surface area contributed by atoms with E-state index in [0.717, 1.165) is 32.6 Å². The summed E-state index contributed by atoms with van der Waals surface area (Å²) in [5.41, 5.74) is 10.4. The molecule has 3 aromatic heterocycles. The van der Waals surface area contributed by atoms with E-state index in [2.05, 4.69) is 30.9 Å². The maximum Gasteiger partial charge on any atom is 0.321 e. The first-order chi connectivity index (χ1) is 15.4. The van der Waals surface area contributed by atoms with Gasteiger partial charge in [0.05, 0.1) is 27.8 Å².